The van der Waals surface area contributed by atoms with E-state index in [1.165, 1.54) is 21.4 Å². The van der Waals surface area contributed by atoms with Crippen LogP contribution in [0.1, 0.15) is 51.8 Å². The molecule has 0 spiro atoms. The molecule has 0 unspecified atom stereocenters. The van der Waals surface area contributed by atoms with Gasteiger partial charge in [0.25, 0.3) is 0 Å². The van der Waals surface area contributed by atoms with E-state index in [4.69, 9.17) is 25.1 Å². The normalized spacial score (nSPS) is 9.73. The maximum Gasteiger partial charge on any atom is 1.00 e. The number of carbonyl (C=O) groups excluding carboxylic acids is 3. The van der Waals surface area contributed by atoms with Crippen LogP contribution in [0.25, 0.3) is 44.5 Å². The molecule has 365 valence electrons. The van der Waals surface area contributed by atoms with Crippen molar-refractivity contribution in [2.75, 3.05) is 20.8 Å². The summed E-state index contributed by atoms with van der Waals surface area (Å²) in [6.45, 7) is -0.483. The summed E-state index contributed by atoms with van der Waals surface area (Å²) >= 11 is 4.59. The van der Waals surface area contributed by atoms with Crippen molar-refractivity contribution in [3.63, 3.8) is 0 Å². The van der Waals surface area contributed by atoms with E-state index in [9.17, 15) is 24.0 Å². The summed E-state index contributed by atoms with van der Waals surface area (Å²) in [5, 5.41) is 35.1. The van der Waals surface area contributed by atoms with Crippen LogP contribution >= 0.6 is 45.2 Å². The summed E-state index contributed by atoms with van der Waals surface area (Å²) in [5.74, 6) is -2.48. The number of esters is 2. The number of hydrogen-bond acceptors (Lipinski definition) is 11. The zero-order chi connectivity index (χ0) is 51.3. The molecular weight excluding hydrogens is 1180 g/mol. The molecule has 0 bridgehead atoms. The minimum absolute atomic E-state index is 0. The van der Waals surface area contributed by atoms with Gasteiger partial charge in [0.05, 0.1) is 36.5 Å². The molecule has 73 heavy (non-hydrogen) atoms. The molecule has 13 nitrogen and oxygen atoms in total. The van der Waals surface area contributed by atoms with Gasteiger partial charge in [-0.25, -0.2) is 19.2 Å². The number of ketones is 1. The summed E-state index contributed by atoms with van der Waals surface area (Å²) < 4.78 is 16.4. The first-order valence-electron chi connectivity index (χ1n) is 21.3. The monoisotopic (exact) mass is 1230 g/mol. The van der Waals surface area contributed by atoms with Gasteiger partial charge in [-0.2, -0.15) is 0 Å². The van der Waals surface area contributed by atoms with Crippen LogP contribution < -0.4 is 56.0 Å². The first-order chi connectivity index (χ1) is 34.2. The smallest absolute Gasteiger partial charge is 0.870 e. The van der Waals surface area contributed by atoms with Gasteiger partial charge in [0.1, 0.15) is 12.4 Å². The summed E-state index contributed by atoms with van der Waals surface area (Å²) in [6.07, 6.45) is 0. The zero-order valence-electron chi connectivity index (χ0n) is 39.5. The Balaban J connectivity index is 0.000000275. The number of aliphatic hydroxyl groups is 1. The number of halogens is 2. The molecular formula is C56H45BI2KO13. The van der Waals surface area contributed by atoms with E-state index in [-0.39, 0.29) is 79.7 Å². The number of benzene rings is 8. The second kappa shape index (κ2) is 31.7. The maximum absolute atomic E-state index is 11.5. The molecule has 0 saturated carbocycles. The van der Waals surface area contributed by atoms with E-state index >= 15 is 0 Å². The van der Waals surface area contributed by atoms with Crippen LogP contribution in [0.2, 0.25) is 0 Å². The van der Waals surface area contributed by atoms with Crippen LogP contribution in [0, 0.1) is 7.14 Å². The predicted molar refractivity (Wildman–Crippen MR) is 291 cm³/mol. The van der Waals surface area contributed by atoms with Crippen molar-refractivity contribution >= 4 is 82.5 Å². The number of carboxylic acids is 2. The summed E-state index contributed by atoms with van der Waals surface area (Å²) in [5.41, 5.74) is 9.89. The van der Waals surface area contributed by atoms with Gasteiger partial charge in [-0.15, -0.1) is 0 Å². The predicted octanol–water partition coefficient (Wildman–Crippen LogP) is 8.50. The summed E-state index contributed by atoms with van der Waals surface area (Å²) in [4.78, 5) is 55.7. The standard InChI is InChI=1S/C22H18O4.C20H14O4.C8H8BO4.C6H4I2.K.H2O/c1-26-22(25)20-12-8-18(9-13-20)16-4-2-15(3-5-16)17-6-10-19(11-7-17)21(24)14-23;21-19(22)17-9-5-15(6-10-17)13-1-2-14(4-3-13)16-7-11-18(12-8-16)20(23)24;1-12-8(10)6-2-4-7(5-3-6)13-9-11;7-5-1-2-6(8)4-3-5;;/h2-13,23H,14H2,1H3;1-12H,(H,21,22)(H,23,24);2-5,11H,1H3;1-4H;;1H2/q;;;;+1;/p-1. The van der Waals surface area contributed by atoms with E-state index in [0.717, 1.165) is 44.5 Å². The van der Waals surface area contributed by atoms with Gasteiger partial charge in [-0.1, -0.05) is 109 Å². The Labute approximate surface area is 492 Å². The second-order valence-electron chi connectivity index (χ2n) is 14.8. The van der Waals surface area contributed by atoms with Crippen molar-refractivity contribution < 1.29 is 115 Å². The number of Topliss-reactive ketones (excluding diaryl/α,β-unsaturated/α-hetero) is 1. The third-order valence-electron chi connectivity index (χ3n) is 10.3. The molecule has 0 aliphatic heterocycles. The van der Waals surface area contributed by atoms with Gasteiger partial charge in [-0.3, -0.25) is 4.79 Å². The van der Waals surface area contributed by atoms with E-state index in [2.05, 4.69) is 78.8 Å². The zero-order valence-corrected chi connectivity index (χ0v) is 47.0. The fourth-order valence-corrected chi connectivity index (χ4v) is 7.17. The molecule has 0 saturated heterocycles. The molecule has 17 heteroatoms. The first-order valence-corrected chi connectivity index (χ1v) is 23.4. The van der Waals surface area contributed by atoms with Crippen LogP contribution in [0.4, 0.5) is 0 Å². The molecule has 0 atom stereocenters. The number of hydrogen-bond donors (Lipinski definition) is 4. The molecule has 0 aliphatic carbocycles. The number of ether oxygens (including phenoxy) is 2. The van der Waals surface area contributed by atoms with Crippen LogP contribution in [-0.2, 0) is 9.47 Å². The van der Waals surface area contributed by atoms with Gasteiger partial charge in [0, 0.05) is 12.7 Å². The maximum atomic E-state index is 11.5. The Morgan fingerprint density at radius 1 is 0.411 bits per heavy atom. The molecule has 8 aromatic carbocycles. The Kier molecular flexibility index (Phi) is 26.7. The number of carbonyl (C=O) groups is 5. The number of rotatable bonds is 12. The number of methoxy groups -OCH3 is 2. The molecule has 0 aromatic heterocycles. The van der Waals surface area contributed by atoms with Crippen molar-refractivity contribution in [2.24, 2.45) is 0 Å². The topological polar surface area (TPSA) is 224 Å². The van der Waals surface area contributed by atoms with E-state index in [0.29, 0.717) is 30.1 Å². The molecule has 0 heterocycles. The fourth-order valence-electron chi connectivity index (χ4n) is 6.46. The van der Waals surface area contributed by atoms with Crippen LogP contribution in [-0.4, -0.2) is 84.0 Å². The number of carboxylic acid groups (broad SMARTS) is 2. The van der Waals surface area contributed by atoms with Gasteiger partial charge < -0.3 is 39.9 Å². The fraction of sp³-hybridized carbons (Fsp3) is 0.0536. The van der Waals surface area contributed by atoms with Gasteiger partial charge in [0.2, 0.25) is 0 Å². The van der Waals surface area contributed by atoms with Crippen molar-refractivity contribution in [2.45, 2.75) is 0 Å². The van der Waals surface area contributed by atoms with Crippen molar-refractivity contribution in [1.29, 1.82) is 0 Å². The molecule has 0 aliphatic rings. The average molecular weight is 1230 g/mol. The molecule has 0 fully saturated rings. The van der Waals surface area contributed by atoms with Gasteiger partial charge >= 0.3 is 82.9 Å². The van der Waals surface area contributed by atoms with Crippen molar-refractivity contribution in [1.82, 2.24) is 0 Å². The van der Waals surface area contributed by atoms with Crippen molar-refractivity contribution in [3.05, 3.63) is 229 Å². The Morgan fingerprint density at radius 2 is 0.644 bits per heavy atom. The van der Waals surface area contributed by atoms with E-state index in [1.54, 1.807) is 97.1 Å². The minimum atomic E-state index is -0.943. The van der Waals surface area contributed by atoms with Crippen LogP contribution in [0.5, 0.6) is 5.75 Å². The molecule has 5 N–H and O–H groups in total. The minimum Gasteiger partial charge on any atom is -0.870 e. The summed E-state index contributed by atoms with van der Waals surface area (Å²) in [7, 11) is 3.25. The molecule has 8 rings (SSSR count). The van der Waals surface area contributed by atoms with Crippen molar-refractivity contribution in [3.8, 4) is 50.3 Å². The van der Waals surface area contributed by atoms with E-state index in [1.807, 2.05) is 72.8 Å². The molecule has 1 radical (unpaired) electrons. The average Bonchev–Trinajstić information content (AvgIpc) is 3.42. The third-order valence-corrected chi connectivity index (χ3v) is 11.7. The quantitative estimate of drug-likeness (QED) is 0.0390. The summed E-state index contributed by atoms with van der Waals surface area (Å²) in [6, 6.07) is 58.3. The number of aromatic carboxylic acids is 2. The second-order valence-corrected chi connectivity index (χ2v) is 17.3. The largest absolute Gasteiger partial charge is 1.00 e. The molecule has 0 amide bonds. The third kappa shape index (κ3) is 19.2. The molecule has 8 aromatic rings. The Bertz CT molecular complexity index is 2840. The first kappa shape index (κ1) is 61.5. The van der Waals surface area contributed by atoms with Gasteiger partial charge in [-0.05, 0) is 175 Å². The van der Waals surface area contributed by atoms with E-state index < -0.39 is 24.5 Å². The Hall–Kier alpha value is -5.85. The van der Waals surface area contributed by atoms with Gasteiger partial charge in [0.15, 0.2) is 5.78 Å². The SMILES string of the molecule is COC(=O)c1ccc(-c2ccc(-c3ccc(C(=O)CO)cc3)cc2)cc1.COC(=O)c1ccc(O[B]O)cc1.Ic1ccc(I)cc1.O=C(O)c1ccc(-c2ccc(-c3ccc(C(=O)O)cc3)cc2)cc1.[K+].[OH-]. The van der Waals surface area contributed by atoms with Crippen LogP contribution in [0.15, 0.2) is 194 Å². The Morgan fingerprint density at radius 3 is 0.877 bits per heavy atom. The number of aliphatic hydroxyl groups excluding tert-OH is 1. The van der Waals surface area contributed by atoms with Crippen LogP contribution in [0.3, 0.4) is 0 Å².